The number of carbonyl (C=O) groups is 1. The van der Waals surface area contributed by atoms with E-state index in [2.05, 4.69) is 15.5 Å². The molecule has 0 bridgehead atoms. The van der Waals surface area contributed by atoms with Crippen LogP contribution in [0.25, 0.3) is 11.4 Å². The minimum Gasteiger partial charge on any atom is -0.399 e. The van der Waals surface area contributed by atoms with Gasteiger partial charge in [0.1, 0.15) is 0 Å². The normalized spacial score (nSPS) is 10.8. The van der Waals surface area contributed by atoms with Crippen molar-refractivity contribution in [2.45, 2.75) is 32.5 Å². The molecule has 0 saturated heterocycles. The predicted octanol–water partition coefficient (Wildman–Crippen LogP) is 3.89. The van der Waals surface area contributed by atoms with E-state index < -0.39 is 0 Å². The molecule has 0 fully saturated rings. The van der Waals surface area contributed by atoms with Crippen molar-refractivity contribution in [2.24, 2.45) is 0 Å². The van der Waals surface area contributed by atoms with Crippen molar-refractivity contribution in [1.29, 1.82) is 0 Å². The highest BCUT2D eigenvalue weighted by atomic mass is 32.2. The third kappa shape index (κ3) is 4.49. The number of aryl methyl sites for hydroxylation is 2. The summed E-state index contributed by atoms with van der Waals surface area (Å²) in [5.74, 6) is 0.977. The number of benzene rings is 2. The molecule has 1 heterocycles. The molecule has 0 atom stereocenters. The Bertz CT molecular complexity index is 950. The van der Waals surface area contributed by atoms with Gasteiger partial charge in [-0.1, -0.05) is 17.8 Å². The zero-order valence-electron chi connectivity index (χ0n) is 15.7. The van der Waals surface area contributed by atoms with E-state index in [1.54, 1.807) is 0 Å². The van der Waals surface area contributed by atoms with Gasteiger partial charge in [-0.05, 0) is 68.3 Å². The Labute approximate surface area is 163 Å². The van der Waals surface area contributed by atoms with Crippen molar-refractivity contribution in [1.82, 2.24) is 14.8 Å². The maximum atomic E-state index is 12.3. The fraction of sp³-hybridized carbons (Fsp3) is 0.250. The third-order valence-corrected chi connectivity index (χ3v) is 5.29. The summed E-state index contributed by atoms with van der Waals surface area (Å²) in [6.07, 6.45) is 0. The maximum Gasteiger partial charge on any atom is 0.234 e. The summed E-state index contributed by atoms with van der Waals surface area (Å²) >= 11 is 1.38. The van der Waals surface area contributed by atoms with Crippen molar-refractivity contribution < 1.29 is 4.79 Å². The van der Waals surface area contributed by atoms with Crippen LogP contribution in [0.3, 0.4) is 0 Å². The summed E-state index contributed by atoms with van der Waals surface area (Å²) < 4.78 is 2.00. The van der Waals surface area contributed by atoms with Gasteiger partial charge in [0.2, 0.25) is 5.91 Å². The number of hydrogen-bond acceptors (Lipinski definition) is 5. The van der Waals surface area contributed by atoms with Gasteiger partial charge in [0, 0.05) is 23.5 Å². The lowest BCUT2D eigenvalue weighted by atomic mass is 10.1. The van der Waals surface area contributed by atoms with E-state index >= 15 is 0 Å². The molecular formula is C20H23N5OS. The molecule has 0 aliphatic carbocycles. The van der Waals surface area contributed by atoms with Crippen LogP contribution in [0.4, 0.5) is 11.4 Å². The lowest BCUT2D eigenvalue weighted by Gasteiger charge is -2.09. The van der Waals surface area contributed by atoms with Gasteiger partial charge in [-0.15, -0.1) is 10.2 Å². The Morgan fingerprint density at radius 1 is 1.11 bits per heavy atom. The monoisotopic (exact) mass is 381 g/mol. The van der Waals surface area contributed by atoms with E-state index in [0.29, 0.717) is 12.2 Å². The number of nitrogens with zero attached hydrogens (tertiary/aromatic N) is 3. The first-order valence-corrected chi connectivity index (χ1v) is 9.75. The number of rotatable bonds is 6. The molecule has 3 rings (SSSR count). The number of anilines is 2. The van der Waals surface area contributed by atoms with E-state index in [1.807, 2.05) is 67.8 Å². The Kier molecular flexibility index (Phi) is 5.81. The molecule has 1 amide bonds. The van der Waals surface area contributed by atoms with Crippen LogP contribution in [0.5, 0.6) is 0 Å². The summed E-state index contributed by atoms with van der Waals surface area (Å²) in [6, 6.07) is 13.4. The van der Waals surface area contributed by atoms with Gasteiger partial charge in [-0.3, -0.25) is 4.79 Å². The molecular weight excluding hydrogens is 358 g/mol. The highest BCUT2D eigenvalue weighted by molar-refractivity contribution is 7.99. The molecule has 3 aromatic rings. The molecule has 1 aromatic heterocycles. The molecule has 0 aliphatic heterocycles. The molecule has 0 spiro atoms. The number of carbonyl (C=O) groups excluding carboxylic acids is 1. The van der Waals surface area contributed by atoms with E-state index in [4.69, 9.17) is 5.73 Å². The average molecular weight is 382 g/mol. The van der Waals surface area contributed by atoms with Crippen molar-refractivity contribution in [2.75, 3.05) is 16.8 Å². The number of amides is 1. The van der Waals surface area contributed by atoms with Gasteiger partial charge in [0.15, 0.2) is 11.0 Å². The third-order valence-electron chi connectivity index (χ3n) is 4.32. The molecule has 0 saturated carbocycles. The van der Waals surface area contributed by atoms with E-state index in [9.17, 15) is 4.79 Å². The molecule has 7 heteroatoms. The molecule has 27 heavy (non-hydrogen) atoms. The zero-order valence-corrected chi connectivity index (χ0v) is 16.5. The summed E-state index contributed by atoms with van der Waals surface area (Å²) in [5.41, 5.74) is 10.6. The van der Waals surface area contributed by atoms with Crippen LogP contribution in [0.15, 0.2) is 47.6 Å². The Balaban J connectivity index is 1.68. The SMILES string of the molecule is CCn1c(SCC(=O)Nc2ccc(C)c(C)c2)nnc1-c1ccc(N)cc1. The molecule has 140 valence electrons. The minimum absolute atomic E-state index is 0.0667. The smallest absolute Gasteiger partial charge is 0.234 e. The Morgan fingerprint density at radius 2 is 1.85 bits per heavy atom. The van der Waals surface area contributed by atoms with Gasteiger partial charge in [0.25, 0.3) is 0 Å². The Morgan fingerprint density at radius 3 is 2.52 bits per heavy atom. The first-order chi connectivity index (χ1) is 13.0. The second kappa shape index (κ2) is 8.26. The van der Waals surface area contributed by atoms with E-state index in [1.165, 1.54) is 17.3 Å². The van der Waals surface area contributed by atoms with E-state index in [-0.39, 0.29) is 11.7 Å². The molecule has 0 unspecified atom stereocenters. The number of nitrogen functional groups attached to an aromatic ring is 1. The number of hydrogen-bond donors (Lipinski definition) is 2. The summed E-state index contributed by atoms with van der Waals surface area (Å²) in [4.78, 5) is 12.3. The molecule has 0 aliphatic rings. The average Bonchev–Trinajstić information content (AvgIpc) is 3.06. The van der Waals surface area contributed by atoms with Crippen LogP contribution in [0.1, 0.15) is 18.1 Å². The molecule has 3 N–H and O–H groups in total. The second-order valence-corrected chi connectivity index (χ2v) is 7.25. The van der Waals surface area contributed by atoms with Gasteiger partial charge in [0.05, 0.1) is 5.75 Å². The molecule has 2 aromatic carbocycles. The number of nitrogens with one attached hydrogen (secondary N) is 1. The van der Waals surface area contributed by atoms with Gasteiger partial charge < -0.3 is 15.6 Å². The lowest BCUT2D eigenvalue weighted by Crippen LogP contribution is -2.14. The maximum absolute atomic E-state index is 12.3. The summed E-state index contributed by atoms with van der Waals surface area (Å²) in [7, 11) is 0. The topological polar surface area (TPSA) is 85.8 Å². The number of thioether (sulfide) groups is 1. The fourth-order valence-corrected chi connectivity index (χ4v) is 3.47. The second-order valence-electron chi connectivity index (χ2n) is 6.31. The zero-order chi connectivity index (χ0) is 19.4. The largest absolute Gasteiger partial charge is 0.399 e. The van der Waals surface area contributed by atoms with Crippen LogP contribution >= 0.6 is 11.8 Å². The Hall–Kier alpha value is -2.80. The van der Waals surface area contributed by atoms with Crippen LogP contribution in [-0.4, -0.2) is 26.4 Å². The minimum atomic E-state index is -0.0667. The van der Waals surface area contributed by atoms with Gasteiger partial charge in [-0.25, -0.2) is 0 Å². The summed E-state index contributed by atoms with van der Waals surface area (Å²) in [6.45, 7) is 6.83. The van der Waals surface area contributed by atoms with Crippen LogP contribution in [-0.2, 0) is 11.3 Å². The molecule has 6 nitrogen and oxygen atoms in total. The van der Waals surface area contributed by atoms with Crippen LogP contribution < -0.4 is 11.1 Å². The number of nitrogens with two attached hydrogens (primary N) is 1. The van der Waals surface area contributed by atoms with Crippen LogP contribution in [0.2, 0.25) is 0 Å². The van der Waals surface area contributed by atoms with Gasteiger partial charge >= 0.3 is 0 Å². The number of aromatic nitrogens is 3. The van der Waals surface area contributed by atoms with Gasteiger partial charge in [-0.2, -0.15) is 0 Å². The predicted molar refractivity (Wildman–Crippen MR) is 111 cm³/mol. The highest BCUT2D eigenvalue weighted by Crippen LogP contribution is 2.25. The fourth-order valence-electron chi connectivity index (χ4n) is 2.67. The van der Waals surface area contributed by atoms with E-state index in [0.717, 1.165) is 27.8 Å². The lowest BCUT2D eigenvalue weighted by molar-refractivity contribution is -0.113. The summed E-state index contributed by atoms with van der Waals surface area (Å²) in [5, 5.41) is 12.2. The van der Waals surface area contributed by atoms with Crippen molar-refractivity contribution in [3.63, 3.8) is 0 Å². The first-order valence-electron chi connectivity index (χ1n) is 8.77. The first kappa shape index (κ1) is 19.0. The van der Waals surface area contributed by atoms with Crippen molar-refractivity contribution in [3.8, 4) is 11.4 Å². The van der Waals surface area contributed by atoms with Crippen LogP contribution in [0, 0.1) is 13.8 Å². The highest BCUT2D eigenvalue weighted by Gasteiger charge is 2.14. The quantitative estimate of drug-likeness (QED) is 0.500. The molecule has 0 radical (unpaired) electrons. The standard InChI is InChI=1S/C20H23N5OS/c1-4-25-19(15-6-8-16(21)9-7-15)23-24-20(25)27-12-18(26)22-17-10-5-13(2)14(3)11-17/h5-11H,4,12,21H2,1-3H3,(H,22,26). The van der Waals surface area contributed by atoms with Crippen molar-refractivity contribution >= 4 is 29.0 Å². The van der Waals surface area contributed by atoms with Crippen molar-refractivity contribution in [3.05, 3.63) is 53.6 Å².